The van der Waals surface area contributed by atoms with Crippen molar-refractivity contribution >= 4 is 22.4 Å². The summed E-state index contributed by atoms with van der Waals surface area (Å²) in [5.41, 5.74) is 1.17. The first-order chi connectivity index (χ1) is 11.7. The van der Waals surface area contributed by atoms with Crippen LogP contribution in [0.5, 0.6) is 5.75 Å². The zero-order valence-corrected chi connectivity index (χ0v) is 14.5. The first-order valence-corrected chi connectivity index (χ1v) is 8.50. The molecule has 8 heteroatoms. The SMILES string of the molecule is COCc1nnc(NC(=O)CN2CCC2c2cccc(OC)c2)s1. The number of nitrogens with one attached hydrogen (secondary N) is 1. The maximum Gasteiger partial charge on any atom is 0.240 e. The average Bonchev–Trinajstić information content (AvgIpc) is 2.99. The molecule has 0 spiro atoms. The van der Waals surface area contributed by atoms with Crippen LogP contribution in [0.15, 0.2) is 24.3 Å². The Kier molecular flexibility index (Phi) is 5.39. The van der Waals surface area contributed by atoms with Gasteiger partial charge >= 0.3 is 0 Å². The molecule has 1 aromatic carbocycles. The number of aromatic nitrogens is 2. The third-order valence-electron chi connectivity index (χ3n) is 3.94. The fraction of sp³-hybridized carbons (Fsp3) is 0.438. The number of rotatable bonds is 7. The lowest BCUT2D eigenvalue weighted by molar-refractivity contribution is -0.119. The fourth-order valence-electron chi connectivity index (χ4n) is 2.69. The largest absolute Gasteiger partial charge is 0.497 e. The Labute approximate surface area is 144 Å². The Morgan fingerprint density at radius 1 is 1.42 bits per heavy atom. The van der Waals surface area contributed by atoms with Crippen molar-refractivity contribution in [3.8, 4) is 5.75 Å². The highest BCUT2D eigenvalue weighted by Crippen LogP contribution is 2.34. The van der Waals surface area contributed by atoms with Crippen molar-refractivity contribution in [1.82, 2.24) is 15.1 Å². The average molecular weight is 348 g/mol. The van der Waals surface area contributed by atoms with Crippen molar-refractivity contribution < 1.29 is 14.3 Å². The number of anilines is 1. The topological polar surface area (TPSA) is 76.6 Å². The van der Waals surface area contributed by atoms with E-state index < -0.39 is 0 Å². The molecule has 7 nitrogen and oxygen atoms in total. The molecule has 0 bridgehead atoms. The molecule has 1 aliphatic rings. The van der Waals surface area contributed by atoms with Crippen molar-refractivity contribution in [2.75, 3.05) is 32.6 Å². The summed E-state index contributed by atoms with van der Waals surface area (Å²) in [6, 6.07) is 8.25. The van der Waals surface area contributed by atoms with E-state index in [4.69, 9.17) is 9.47 Å². The summed E-state index contributed by atoms with van der Waals surface area (Å²) in [5, 5.41) is 11.9. The molecule has 24 heavy (non-hydrogen) atoms. The zero-order valence-electron chi connectivity index (χ0n) is 13.7. The van der Waals surface area contributed by atoms with E-state index in [-0.39, 0.29) is 11.9 Å². The van der Waals surface area contributed by atoms with Gasteiger partial charge in [0.15, 0.2) is 0 Å². The minimum atomic E-state index is -0.0808. The highest BCUT2D eigenvalue weighted by molar-refractivity contribution is 7.15. The normalized spacial score (nSPS) is 17.3. The third kappa shape index (κ3) is 3.89. The summed E-state index contributed by atoms with van der Waals surface area (Å²) in [6.07, 6.45) is 1.04. The smallest absolute Gasteiger partial charge is 0.240 e. The fourth-order valence-corrected chi connectivity index (χ4v) is 3.41. The minimum absolute atomic E-state index is 0.0808. The number of nitrogens with zero attached hydrogens (tertiary/aromatic N) is 3. The van der Waals surface area contributed by atoms with Crippen LogP contribution in [0.2, 0.25) is 0 Å². The quantitative estimate of drug-likeness (QED) is 0.825. The number of carbonyl (C=O) groups excluding carboxylic acids is 1. The number of likely N-dealkylation sites (tertiary alicyclic amines) is 1. The lowest BCUT2D eigenvalue weighted by Crippen LogP contribution is -2.45. The number of hydrogen-bond acceptors (Lipinski definition) is 7. The molecule has 1 amide bonds. The van der Waals surface area contributed by atoms with Gasteiger partial charge in [0.2, 0.25) is 11.0 Å². The Hall–Kier alpha value is -2.03. The van der Waals surface area contributed by atoms with E-state index in [1.807, 2.05) is 18.2 Å². The molecule has 1 aliphatic heterocycles. The minimum Gasteiger partial charge on any atom is -0.497 e. The van der Waals surface area contributed by atoms with Crippen molar-refractivity contribution in [3.63, 3.8) is 0 Å². The second-order valence-electron chi connectivity index (χ2n) is 5.53. The van der Waals surface area contributed by atoms with Gasteiger partial charge in [0.05, 0.1) is 13.7 Å². The molecule has 128 valence electrons. The maximum absolute atomic E-state index is 12.2. The van der Waals surface area contributed by atoms with E-state index in [1.165, 1.54) is 16.9 Å². The van der Waals surface area contributed by atoms with E-state index in [9.17, 15) is 4.79 Å². The number of methoxy groups -OCH3 is 2. The molecule has 2 aromatic rings. The first kappa shape index (κ1) is 16.8. The summed E-state index contributed by atoms with van der Waals surface area (Å²) in [6.45, 7) is 1.64. The van der Waals surface area contributed by atoms with Crippen molar-refractivity contribution in [3.05, 3.63) is 34.8 Å². The highest BCUT2D eigenvalue weighted by atomic mass is 32.1. The molecule has 1 saturated heterocycles. The van der Waals surface area contributed by atoms with E-state index in [0.29, 0.717) is 18.3 Å². The van der Waals surface area contributed by atoms with Crippen LogP contribution in [0.4, 0.5) is 5.13 Å². The van der Waals surface area contributed by atoms with Gasteiger partial charge in [-0.15, -0.1) is 10.2 Å². The predicted molar refractivity (Wildman–Crippen MR) is 91.2 cm³/mol. The summed E-state index contributed by atoms with van der Waals surface area (Å²) >= 11 is 1.33. The zero-order chi connectivity index (χ0) is 16.9. The Morgan fingerprint density at radius 2 is 2.29 bits per heavy atom. The van der Waals surface area contributed by atoms with Crippen LogP contribution in [0.1, 0.15) is 23.0 Å². The van der Waals surface area contributed by atoms with Crippen molar-refractivity contribution in [2.45, 2.75) is 19.1 Å². The van der Waals surface area contributed by atoms with Gasteiger partial charge in [-0.1, -0.05) is 23.5 Å². The molecule has 1 fully saturated rings. The second kappa shape index (κ2) is 7.69. The van der Waals surface area contributed by atoms with Gasteiger partial charge in [-0.3, -0.25) is 15.0 Å². The molecule has 1 atom stereocenters. The van der Waals surface area contributed by atoms with Crippen LogP contribution >= 0.6 is 11.3 Å². The van der Waals surface area contributed by atoms with E-state index in [2.05, 4.69) is 26.5 Å². The molecular formula is C16H20N4O3S. The molecule has 1 aromatic heterocycles. The Balaban J connectivity index is 1.56. The molecule has 1 unspecified atom stereocenters. The number of amides is 1. The standard InChI is InChI=1S/C16H20N4O3S/c1-22-10-15-18-19-16(24-15)17-14(21)9-20-7-6-13(20)11-4-3-5-12(8-11)23-2/h3-5,8,13H,6-7,9-10H2,1-2H3,(H,17,19,21). The Morgan fingerprint density at radius 3 is 3.00 bits per heavy atom. The monoisotopic (exact) mass is 348 g/mol. The van der Waals surface area contributed by atoms with Crippen LogP contribution in [0, 0.1) is 0 Å². The molecule has 3 rings (SSSR count). The number of ether oxygens (including phenoxy) is 2. The van der Waals surface area contributed by atoms with Crippen LogP contribution in [-0.4, -0.2) is 48.3 Å². The van der Waals surface area contributed by atoms with Gasteiger partial charge in [0, 0.05) is 19.7 Å². The number of carbonyl (C=O) groups is 1. The van der Waals surface area contributed by atoms with Crippen LogP contribution in [-0.2, 0) is 16.1 Å². The molecule has 0 radical (unpaired) electrons. The van der Waals surface area contributed by atoms with Gasteiger partial charge in [0.25, 0.3) is 0 Å². The number of benzene rings is 1. The number of hydrogen-bond donors (Lipinski definition) is 1. The van der Waals surface area contributed by atoms with E-state index >= 15 is 0 Å². The molecule has 2 heterocycles. The van der Waals surface area contributed by atoms with E-state index in [0.717, 1.165) is 23.7 Å². The van der Waals surface area contributed by atoms with Gasteiger partial charge in [-0.2, -0.15) is 0 Å². The highest BCUT2D eigenvalue weighted by Gasteiger charge is 2.31. The van der Waals surface area contributed by atoms with Crippen LogP contribution in [0.3, 0.4) is 0 Å². The summed E-state index contributed by atoms with van der Waals surface area (Å²) in [7, 11) is 3.26. The molecular weight excluding hydrogens is 328 g/mol. The molecule has 0 saturated carbocycles. The predicted octanol–water partition coefficient (Wildman–Crippen LogP) is 2.08. The lowest BCUT2D eigenvalue weighted by Gasteiger charge is -2.40. The van der Waals surface area contributed by atoms with Gasteiger partial charge in [0.1, 0.15) is 17.4 Å². The Bertz CT molecular complexity index is 706. The van der Waals surface area contributed by atoms with Gasteiger partial charge in [-0.05, 0) is 24.1 Å². The molecule has 0 aliphatic carbocycles. The molecule has 1 N–H and O–H groups in total. The summed E-state index contributed by atoms with van der Waals surface area (Å²) in [5.74, 6) is 0.756. The first-order valence-electron chi connectivity index (χ1n) is 7.68. The lowest BCUT2D eigenvalue weighted by atomic mass is 9.94. The van der Waals surface area contributed by atoms with Crippen LogP contribution < -0.4 is 10.1 Å². The maximum atomic E-state index is 12.2. The third-order valence-corrected chi connectivity index (χ3v) is 4.75. The van der Waals surface area contributed by atoms with Gasteiger partial charge in [-0.25, -0.2) is 0 Å². The van der Waals surface area contributed by atoms with E-state index in [1.54, 1.807) is 14.2 Å². The van der Waals surface area contributed by atoms with Crippen LogP contribution in [0.25, 0.3) is 0 Å². The van der Waals surface area contributed by atoms with Gasteiger partial charge < -0.3 is 9.47 Å². The summed E-state index contributed by atoms with van der Waals surface area (Å²) in [4.78, 5) is 14.4. The second-order valence-corrected chi connectivity index (χ2v) is 6.60. The van der Waals surface area contributed by atoms with Crippen molar-refractivity contribution in [2.24, 2.45) is 0 Å². The van der Waals surface area contributed by atoms with Crippen molar-refractivity contribution in [1.29, 1.82) is 0 Å². The summed E-state index contributed by atoms with van der Waals surface area (Å²) < 4.78 is 10.3.